The number of carbonyl (C=O) groups excluding carboxylic acids is 1. The largest absolute Gasteiger partial charge is 0.278 e. The maximum atomic E-state index is 12.5. The molecule has 0 spiro atoms. The van der Waals surface area contributed by atoms with Gasteiger partial charge in [-0.2, -0.15) is 14.9 Å². The zero-order valence-corrected chi connectivity index (χ0v) is 13.9. The Balaban J connectivity index is 1.94. The minimum Gasteiger partial charge on any atom is -0.267 e. The molecule has 120 valence electrons. The van der Waals surface area contributed by atoms with Crippen LogP contribution in [-0.2, 0) is 0 Å². The van der Waals surface area contributed by atoms with E-state index in [0.29, 0.717) is 33.3 Å². The standard InChI is InChI=1S/C17H14ClN5O/c1-11-16(21-20-15-5-3-4-14(18)10-15)12(2)23(22-11)17(24)13-6-8-19-9-7-13/h3-10H,1-2H3. The van der Waals surface area contributed by atoms with E-state index in [1.54, 1.807) is 62.6 Å². The summed E-state index contributed by atoms with van der Waals surface area (Å²) in [6.07, 6.45) is 3.14. The maximum absolute atomic E-state index is 12.5. The number of azo groups is 1. The molecular weight excluding hydrogens is 326 g/mol. The van der Waals surface area contributed by atoms with Gasteiger partial charge < -0.3 is 0 Å². The van der Waals surface area contributed by atoms with Crippen LogP contribution in [0.1, 0.15) is 21.7 Å². The molecule has 0 aliphatic rings. The van der Waals surface area contributed by atoms with E-state index < -0.39 is 0 Å². The van der Waals surface area contributed by atoms with Crippen molar-refractivity contribution in [3.8, 4) is 0 Å². The molecule has 0 fully saturated rings. The monoisotopic (exact) mass is 339 g/mol. The molecule has 3 rings (SSSR count). The summed E-state index contributed by atoms with van der Waals surface area (Å²) in [5.41, 5.74) is 2.96. The number of nitrogens with zero attached hydrogens (tertiary/aromatic N) is 5. The first-order valence-corrected chi connectivity index (χ1v) is 7.62. The highest BCUT2D eigenvalue weighted by atomic mass is 35.5. The van der Waals surface area contributed by atoms with E-state index in [9.17, 15) is 4.79 Å². The summed E-state index contributed by atoms with van der Waals surface area (Å²) in [5, 5.41) is 13.3. The number of hydrogen-bond acceptors (Lipinski definition) is 5. The van der Waals surface area contributed by atoms with E-state index in [1.807, 2.05) is 0 Å². The molecule has 0 amide bonds. The number of aryl methyl sites for hydroxylation is 1. The van der Waals surface area contributed by atoms with Gasteiger partial charge in [0.05, 0.1) is 17.1 Å². The Morgan fingerprint density at radius 2 is 1.88 bits per heavy atom. The van der Waals surface area contributed by atoms with E-state index in [0.717, 1.165) is 0 Å². The van der Waals surface area contributed by atoms with E-state index in [-0.39, 0.29) is 5.91 Å². The molecule has 0 bridgehead atoms. The third-order valence-electron chi connectivity index (χ3n) is 3.45. The molecule has 2 aromatic heterocycles. The lowest BCUT2D eigenvalue weighted by atomic mass is 10.2. The minimum absolute atomic E-state index is 0.234. The van der Waals surface area contributed by atoms with Gasteiger partial charge in [0.25, 0.3) is 5.91 Å². The highest BCUT2D eigenvalue weighted by Gasteiger charge is 2.17. The van der Waals surface area contributed by atoms with Gasteiger partial charge in [0.1, 0.15) is 5.69 Å². The van der Waals surface area contributed by atoms with Crippen LogP contribution < -0.4 is 0 Å². The van der Waals surface area contributed by atoms with Crippen molar-refractivity contribution in [2.45, 2.75) is 13.8 Å². The number of benzene rings is 1. The van der Waals surface area contributed by atoms with Crippen LogP contribution in [0.15, 0.2) is 59.0 Å². The Bertz CT molecular complexity index is 918. The predicted molar refractivity (Wildman–Crippen MR) is 91.3 cm³/mol. The van der Waals surface area contributed by atoms with Gasteiger partial charge in [0.2, 0.25) is 0 Å². The summed E-state index contributed by atoms with van der Waals surface area (Å²) in [6, 6.07) is 10.4. The highest BCUT2D eigenvalue weighted by Crippen LogP contribution is 2.27. The molecule has 24 heavy (non-hydrogen) atoms. The number of aromatic nitrogens is 3. The first kappa shape index (κ1) is 16.0. The first-order valence-electron chi connectivity index (χ1n) is 7.24. The van der Waals surface area contributed by atoms with Crippen LogP contribution in [0.5, 0.6) is 0 Å². The third-order valence-corrected chi connectivity index (χ3v) is 3.68. The van der Waals surface area contributed by atoms with Crippen LogP contribution in [0.25, 0.3) is 0 Å². The molecule has 2 heterocycles. The van der Waals surface area contributed by atoms with Crippen LogP contribution in [-0.4, -0.2) is 20.7 Å². The van der Waals surface area contributed by atoms with Gasteiger partial charge in [-0.05, 0) is 44.2 Å². The number of hydrogen-bond donors (Lipinski definition) is 0. The summed E-state index contributed by atoms with van der Waals surface area (Å²) >= 11 is 5.93. The Hall–Kier alpha value is -2.86. The molecule has 0 unspecified atom stereocenters. The second-order valence-electron chi connectivity index (χ2n) is 5.15. The van der Waals surface area contributed by atoms with Gasteiger partial charge in [0, 0.05) is 23.0 Å². The zero-order valence-electron chi connectivity index (χ0n) is 13.1. The fourth-order valence-corrected chi connectivity index (χ4v) is 2.42. The number of carbonyl (C=O) groups is 1. The van der Waals surface area contributed by atoms with E-state index >= 15 is 0 Å². The Morgan fingerprint density at radius 3 is 2.58 bits per heavy atom. The quantitative estimate of drug-likeness (QED) is 0.652. The van der Waals surface area contributed by atoms with Gasteiger partial charge in [0.15, 0.2) is 0 Å². The average molecular weight is 340 g/mol. The summed E-state index contributed by atoms with van der Waals surface area (Å²) in [6.45, 7) is 3.57. The molecule has 0 aliphatic carbocycles. The van der Waals surface area contributed by atoms with Crippen molar-refractivity contribution in [2.24, 2.45) is 10.2 Å². The molecule has 0 saturated heterocycles. The fourth-order valence-electron chi connectivity index (χ4n) is 2.24. The van der Waals surface area contributed by atoms with E-state index in [2.05, 4.69) is 20.3 Å². The van der Waals surface area contributed by atoms with Crippen molar-refractivity contribution in [2.75, 3.05) is 0 Å². The summed E-state index contributed by atoms with van der Waals surface area (Å²) in [4.78, 5) is 16.4. The molecule has 3 aromatic rings. The van der Waals surface area contributed by atoms with Gasteiger partial charge in [-0.15, -0.1) is 5.11 Å². The summed E-state index contributed by atoms with van der Waals surface area (Å²) < 4.78 is 1.33. The highest BCUT2D eigenvalue weighted by molar-refractivity contribution is 6.30. The van der Waals surface area contributed by atoms with Crippen molar-refractivity contribution in [1.82, 2.24) is 14.8 Å². The zero-order chi connectivity index (χ0) is 17.1. The van der Waals surface area contributed by atoms with Crippen molar-refractivity contribution in [3.63, 3.8) is 0 Å². The maximum Gasteiger partial charge on any atom is 0.278 e. The van der Waals surface area contributed by atoms with Gasteiger partial charge >= 0.3 is 0 Å². The lowest BCUT2D eigenvalue weighted by molar-refractivity contribution is 0.0942. The van der Waals surface area contributed by atoms with Crippen molar-refractivity contribution in [1.29, 1.82) is 0 Å². The van der Waals surface area contributed by atoms with Gasteiger partial charge in [-0.1, -0.05) is 17.7 Å². The Labute approximate surface area is 143 Å². The molecule has 0 aliphatic heterocycles. The second kappa shape index (κ2) is 6.72. The van der Waals surface area contributed by atoms with Crippen LogP contribution in [0.2, 0.25) is 5.02 Å². The number of pyridine rings is 1. The molecule has 0 N–H and O–H groups in total. The molecular formula is C17H14ClN5O. The molecule has 0 saturated carbocycles. The van der Waals surface area contributed by atoms with E-state index in [1.165, 1.54) is 4.68 Å². The summed E-state index contributed by atoms with van der Waals surface area (Å²) in [5.74, 6) is -0.234. The van der Waals surface area contributed by atoms with Crippen LogP contribution in [0.3, 0.4) is 0 Å². The van der Waals surface area contributed by atoms with Crippen molar-refractivity contribution >= 4 is 28.9 Å². The molecule has 1 aromatic carbocycles. The lowest BCUT2D eigenvalue weighted by Gasteiger charge is -2.02. The summed E-state index contributed by atoms with van der Waals surface area (Å²) in [7, 11) is 0. The number of rotatable bonds is 3. The Morgan fingerprint density at radius 1 is 1.12 bits per heavy atom. The smallest absolute Gasteiger partial charge is 0.267 e. The third kappa shape index (κ3) is 3.23. The van der Waals surface area contributed by atoms with E-state index in [4.69, 9.17) is 11.6 Å². The van der Waals surface area contributed by atoms with Gasteiger partial charge in [-0.25, -0.2) is 0 Å². The normalized spacial score (nSPS) is 11.1. The van der Waals surface area contributed by atoms with Crippen LogP contribution >= 0.6 is 11.6 Å². The number of halogens is 1. The molecule has 0 radical (unpaired) electrons. The first-order chi connectivity index (χ1) is 11.6. The van der Waals surface area contributed by atoms with Crippen molar-refractivity contribution < 1.29 is 4.79 Å². The average Bonchev–Trinajstić information content (AvgIpc) is 2.87. The van der Waals surface area contributed by atoms with Crippen molar-refractivity contribution in [3.05, 3.63) is 70.8 Å². The molecule has 6 nitrogen and oxygen atoms in total. The van der Waals surface area contributed by atoms with Crippen LogP contribution in [0, 0.1) is 13.8 Å². The molecule has 0 atom stereocenters. The SMILES string of the molecule is Cc1nn(C(=O)c2ccncc2)c(C)c1N=Nc1cccc(Cl)c1. The topological polar surface area (TPSA) is 72.5 Å². The molecule has 7 heteroatoms. The Kier molecular flexibility index (Phi) is 4.48. The van der Waals surface area contributed by atoms with Gasteiger partial charge in [-0.3, -0.25) is 9.78 Å². The fraction of sp³-hybridized carbons (Fsp3) is 0.118. The predicted octanol–water partition coefficient (Wildman–Crippen LogP) is 4.65. The second-order valence-corrected chi connectivity index (χ2v) is 5.59. The van der Waals surface area contributed by atoms with Crippen LogP contribution in [0.4, 0.5) is 11.4 Å². The lowest BCUT2D eigenvalue weighted by Crippen LogP contribution is -2.15. The minimum atomic E-state index is -0.234.